The van der Waals surface area contributed by atoms with E-state index in [1.54, 1.807) is 23.1 Å². The van der Waals surface area contributed by atoms with Gasteiger partial charge in [0, 0.05) is 56.8 Å². The molecule has 7 heteroatoms. The minimum atomic E-state index is 0.161. The first-order valence-electron chi connectivity index (χ1n) is 11.2. The highest BCUT2D eigenvalue weighted by Crippen LogP contribution is 2.38. The Morgan fingerprint density at radius 2 is 1.56 bits per heavy atom. The Morgan fingerprint density at radius 3 is 2.31 bits per heavy atom. The number of hydrogen-bond acceptors (Lipinski definition) is 6. The highest BCUT2D eigenvalue weighted by Gasteiger charge is 2.32. The summed E-state index contributed by atoms with van der Waals surface area (Å²) >= 11 is 3.47. The summed E-state index contributed by atoms with van der Waals surface area (Å²) in [6.07, 6.45) is 0. The van der Waals surface area contributed by atoms with Gasteiger partial charge in [0.15, 0.2) is 0 Å². The molecular weight excluding hydrogens is 436 g/mol. The van der Waals surface area contributed by atoms with Gasteiger partial charge in [0.2, 0.25) is 5.91 Å². The van der Waals surface area contributed by atoms with E-state index in [0.717, 1.165) is 56.5 Å². The second-order valence-corrected chi connectivity index (χ2v) is 10.2. The van der Waals surface area contributed by atoms with Crippen LogP contribution < -0.4 is 0 Å². The van der Waals surface area contributed by atoms with Crippen LogP contribution in [0.5, 0.6) is 0 Å². The van der Waals surface area contributed by atoms with Gasteiger partial charge in [-0.3, -0.25) is 14.6 Å². The molecule has 32 heavy (non-hydrogen) atoms. The van der Waals surface area contributed by atoms with E-state index in [1.807, 2.05) is 12.1 Å². The third-order valence-electron chi connectivity index (χ3n) is 6.13. The van der Waals surface area contributed by atoms with Gasteiger partial charge in [-0.05, 0) is 5.56 Å². The second kappa shape index (κ2) is 10.2. The van der Waals surface area contributed by atoms with Crippen molar-refractivity contribution in [1.29, 1.82) is 0 Å². The number of hydrogen-bond donors (Lipinski definition) is 0. The van der Waals surface area contributed by atoms with E-state index in [9.17, 15) is 4.79 Å². The summed E-state index contributed by atoms with van der Waals surface area (Å²) in [6, 6.07) is 20.8. The van der Waals surface area contributed by atoms with Crippen LogP contribution in [0, 0.1) is 0 Å². The van der Waals surface area contributed by atoms with E-state index in [1.165, 1.54) is 11.1 Å². The minimum absolute atomic E-state index is 0.161. The van der Waals surface area contributed by atoms with Crippen LogP contribution in [-0.4, -0.2) is 70.6 Å². The lowest BCUT2D eigenvalue weighted by atomic mass is 10.2. The topological polar surface area (TPSA) is 39.7 Å². The van der Waals surface area contributed by atoms with Crippen LogP contribution in [0.2, 0.25) is 0 Å². The second-order valence-electron chi connectivity index (χ2n) is 8.29. The molecule has 1 amide bonds. The molecule has 1 aromatic heterocycles. The fourth-order valence-corrected chi connectivity index (χ4v) is 6.37. The molecule has 5 nitrogen and oxygen atoms in total. The van der Waals surface area contributed by atoms with Crippen LogP contribution >= 0.6 is 23.1 Å². The zero-order valence-electron chi connectivity index (χ0n) is 18.1. The van der Waals surface area contributed by atoms with Crippen LogP contribution in [0.4, 0.5) is 0 Å². The van der Waals surface area contributed by atoms with Gasteiger partial charge in [0.05, 0.1) is 11.4 Å². The van der Waals surface area contributed by atoms with Gasteiger partial charge < -0.3 is 4.90 Å². The highest BCUT2D eigenvalue weighted by atomic mass is 32.2. The maximum absolute atomic E-state index is 12.5. The molecule has 2 saturated heterocycles. The lowest BCUT2D eigenvalue weighted by molar-refractivity contribution is -0.128. The third-order valence-corrected chi connectivity index (χ3v) is 8.33. The Balaban J connectivity index is 1.10. The summed E-state index contributed by atoms with van der Waals surface area (Å²) in [5, 5.41) is 3.45. The molecule has 3 heterocycles. The maximum Gasteiger partial charge on any atom is 0.233 e. The predicted molar refractivity (Wildman–Crippen MR) is 133 cm³/mol. The Kier molecular flexibility index (Phi) is 6.88. The molecule has 0 saturated carbocycles. The molecule has 0 bridgehead atoms. The number of rotatable bonds is 7. The van der Waals surface area contributed by atoms with Crippen molar-refractivity contribution in [3.63, 3.8) is 0 Å². The molecule has 1 unspecified atom stereocenters. The van der Waals surface area contributed by atoms with Gasteiger partial charge >= 0.3 is 0 Å². The Bertz CT molecular complexity index is 1020. The molecule has 2 fully saturated rings. The summed E-state index contributed by atoms with van der Waals surface area (Å²) in [7, 11) is 0. The van der Waals surface area contributed by atoms with Crippen LogP contribution in [0.25, 0.3) is 10.6 Å². The standard InChI is InChI=1S/C25H28N4OS2/c30-23-19-32-25(21-9-5-2-6-10-21)29(23)16-15-27-11-13-28(14-12-27)17-22-18-31-24(26-22)20-7-3-1-4-8-20/h1-10,18,25H,11-17,19H2. The quantitative estimate of drug-likeness (QED) is 0.524. The summed E-state index contributed by atoms with van der Waals surface area (Å²) < 4.78 is 0. The zero-order valence-corrected chi connectivity index (χ0v) is 19.7. The highest BCUT2D eigenvalue weighted by molar-refractivity contribution is 8.00. The number of amides is 1. The third kappa shape index (κ3) is 5.07. The van der Waals surface area contributed by atoms with Crippen molar-refractivity contribution in [2.75, 3.05) is 45.0 Å². The van der Waals surface area contributed by atoms with Gasteiger partial charge in [-0.2, -0.15) is 0 Å². The molecule has 5 rings (SSSR count). The van der Waals surface area contributed by atoms with E-state index < -0.39 is 0 Å². The number of aromatic nitrogens is 1. The fourth-order valence-electron chi connectivity index (χ4n) is 4.33. The minimum Gasteiger partial charge on any atom is -0.325 e. The Morgan fingerprint density at radius 1 is 0.875 bits per heavy atom. The normalized spacial score (nSPS) is 20.2. The van der Waals surface area contributed by atoms with E-state index in [4.69, 9.17) is 4.98 Å². The van der Waals surface area contributed by atoms with Crippen LogP contribution in [0.15, 0.2) is 66.0 Å². The molecule has 0 aliphatic carbocycles. The van der Waals surface area contributed by atoms with Crippen molar-refractivity contribution in [1.82, 2.24) is 19.7 Å². The first-order valence-corrected chi connectivity index (χ1v) is 13.1. The number of carbonyl (C=O) groups excluding carboxylic acids is 1. The van der Waals surface area contributed by atoms with Crippen molar-refractivity contribution in [2.45, 2.75) is 11.9 Å². The first-order chi connectivity index (χ1) is 15.8. The lowest BCUT2D eigenvalue weighted by Crippen LogP contribution is -2.48. The number of nitrogens with zero attached hydrogens (tertiary/aromatic N) is 4. The van der Waals surface area contributed by atoms with Crippen molar-refractivity contribution < 1.29 is 4.79 Å². The molecule has 3 aromatic rings. The zero-order chi connectivity index (χ0) is 21.8. The summed E-state index contributed by atoms with van der Waals surface area (Å²) in [6.45, 7) is 6.83. The van der Waals surface area contributed by atoms with Gasteiger partial charge in [-0.15, -0.1) is 23.1 Å². The molecule has 2 aliphatic heterocycles. The van der Waals surface area contributed by atoms with Crippen molar-refractivity contribution >= 4 is 29.0 Å². The van der Waals surface area contributed by atoms with Gasteiger partial charge in [-0.1, -0.05) is 60.7 Å². The monoisotopic (exact) mass is 464 g/mol. The first kappa shape index (κ1) is 21.6. The van der Waals surface area contributed by atoms with E-state index in [-0.39, 0.29) is 11.3 Å². The van der Waals surface area contributed by atoms with Crippen LogP contribution in [0.1, 0.15) is 16.6 Å². The van der Waals surface area contributed by atoms with Gasteiger partial charge in [-0.25, -0.2) is 4.98 Å². The fraction of sp³-hybridized carbons (Fsp3) is 0.360. The Labute approximate surface area is 198 Å². The number of thioether (sulfide) groups is 1. The molecular formula is C25H28N4OS2. The van der Waals surface area contributed by atoms with Crippen molar-refractivity contribution in [3.05, 3.63) is 77.3 Å². The maximum atomic E-state index is 12.5. The molecule has 1 atom stereocenters. The Hall–Kier alpha value is -2.19. The average Bonchev–Trinajstić information content (AvgIpc) is 3.46. The predicted octanol–water partition coefficient (Wildman–Crippen LogP) is 4.20. The lowest BCUT2D eigenvalue weighted by Gasteiger charge is -2.35. The van der Waals surface area contributed by atoms with E-state index >= 15 is 0 Å². The van der Waals surface area contributed by atoms with Crippen molar-refractivity contribution in [2.24, 2.45) is 0 Å². The van der Waals surface area contributed by atoms with Gasteiger partial charge in [0.25, 0.3) is 0 Å². The number of benzene rings is 2. The van der Waals surface area contributed by atoms with Gasteiger partial charge in [0.1, 0.15) is 10.4 Å². The average molecular weight is 465 g/mol. The number of piperazine rings is 1. The largest absolute Gasteiger partial charge is 0.325 e. The summed E-state index contributed by atoms with van der Waals surface area (Å²) in [4.78, 5) is 24.4. The smallest absolute Gasteiger partial charge is 0.233 e. The molecule has 0 radical (unpaired) electrons. The van der Waals surface area contributed by atoms with Crippen molar-refractivity contribution in [3.8, 4) is 10.6 Å². The van der Waals surface area contributed by atoms with E-state index in [2.05, 4.69) is 68.6 Å². The number of thiazole rings is 1. The molecule has 166 valence electrons. The number of carbonyl (C=O) groups is 1. The molecule has 2 aliphatic rings. The summed E-state index contributed by atoms with van der Waals surface area (Å²) in [5.74, 6) is 0.853. The molecule has 0 N–H and O–H groups in total. The summed E-state index contributed by atoms with van der Waals surface area (Å²) in [5.41, 5.74) is 3.58. The van der Waals surface area contributed by atoms with E-state index in [0.29, 0.717) is 5.75 Å². The molecule has 2 aromatic carbocycles. The molecule has 0 spiro atoms. The SMILES string of the molecule is O=C1CSC(c2ccccc2)N1CCN1CCN(Cc2csc(-c3ccccc3)n2)CC1. The van der Waals surface area contributed by atoms with Crippen LogP contribution in [-0.2, 0) is 11.3 Å². The van der Waals surface area contributed by atoms with Crippen LogP contribution in [0.3, 0.4) is 0 Å².